The molecule has 0 bridgehead atoms. The maximum Gasteiger partial charge on any atom is 0.332 e. The van der Waals surface area contributed by atoms with Crippen LogP contribution in [0.1, 0.15) is 40.5 Å². The molecule has 0 aliphatic carbocycles. The Morgan fingerprint density at radius 2 is 1.50 bits per heavy atom. The van der Waals surface area contributed by atoms with E-state index in [9.17, 15) is 9.59 Å². The van der Waals surface area contributed by atoms with E-state index in [1.807, 2.05) is 6.92 Å². The summed E-state index contributed by atoms with van der Waals surface area (Å²) < 4.78 is 20.3. The van der Waals surface area contributed by atoms with Crippen molar-refractivity contribution >= 4 is 11.9 Å². The van der Waals surface area contributed by atoms with Gasteiger partial charge in [-0.1, -0.05) is 6.92 Å². The minimum absolute atomic E-state index is 0.0912. The van der Waals surface area contributed by atoms with Crippen LogP contribution in [0.5, 0.6) is 0 Å². The van der Waals surface area contributed by atoms with Gasteiger partial charge in [-0.05, 0) is 27.2 Å². The first kappa shape index (κ1) is 18.9. The summed E-state index contributed by atoms with van der Waals surface area (Å²) in [5.41, 5.74) is -0.501. The SMILES string of the molecule is CCCC(=O)OCCOCCOCC(=O)OC(C)(C)C. The molecule has 0 aromatic rings. The topological polar surface area (TPSA) is 71.1 Å². The summed E-state index contributed by atoms with van der Waals surface area (Å²) in [7, 11) is 0. The predicted molar refractivity (Wildman–Crippen MR) is 73.4 cm³/mol. The highest BCUT2D eigenvalue weighted by molar-refractivity contribution is 5.71. The monoisotopic (exact) mass is 290 g/mol. The quantitative estimate of drug-likeness (QED) is 0.450. The second-order valence-electron chi connectivity index (χ2n) is 5.22. The first-order chi connectivity index (χ1) is 9.35. The molecule has 20 heavy (non-hydrogen) atoms. The minimum Gasteiger partial charge on any atom is -0.463 e. The van der Waals surface area contributed by atoms with Gasteiger partial charge in [0.15, 0.2) is 0 Å². The van der Waals surface area contributed by atoms with Crippen LogP contribution in [-0.4, -0.2) is 50.6 Å². The van der Waals surface area contributed by atoms with Crippen molar-refractivity contribution in [2.24, 2.45) is 0 Å². The molecule has 0 aromatic heterocycles. The number of esters is 2. The van der Waals surface area contributed by atoms with Crippen molar-refractivity contribution in [1.29, 1.82) is 0 Å². The van der Waals surface area contributed by atoms with Crippen molar-refractivity contribution in [3.63, 3.8) is 0 Å². The lowest BCUT2D eigenvalue weighted by Crippen LogP contribution is -2.27. The van der Waals surface area contributed by atoms with Gasteiger partial charge in [-0.25, -0.2) is 4.79 Å². The van der Waals surface area contributed by atoms with E-state index in [-0.39, 0.29) is 19.2 Å². The van der Waals surface area contributed by atoms with E-state index in [0.29, 0.717) is 26.2 Å². The fourth-order valence-corrected chi connectivity index (χ4v) is 1.24. The number of rotatable bonds is 10. The molecule has 0 saturated heterocycles. The van der Waals surface area contributed by atoms with Crippen molar-refractivity contribution in [3.8, 4) is 0 Å². The lowest BCUT2D eigenvalue weighted by Gasteiger charge is -2.19. The summed E-state index contributed by atoms with van der Waals surface area (Å²) in [6.07, 6.45) is 1.21. The average Bonchev–Trinajstić information content (AvgIpc) is 2.30. The molecule has 0 N–H and O–H groups in total. The third kappa shape index (κ3) is 13.3. The third-order valence-corrected chi connectivity index (χ3v) is 1.96. The second-order valence-corrected chi connectivity index (χ2v) is 5.22. The lowest BCUT2D eigenvalue weighted by atomic mass is 10.2. The summed E-state index contributed by atoms with van der Waals surface area (Å²) >= 11 is 0. The van der Waals surface area contributed by atoms with Crippen LogP contribution in [0.3, 0.4) is 0 Å². The van der Waals surface area contributed by atoms with Crippen LogP contribution in [0.4, 0.5) is 0 Å². The van der Waals surface area contributed by atoms with Gasteiger partial charge in [-0.2, -0.15) is 0 Å². The van der Waals surface area contributed by atoms with E-state index in [4.69, 9.17) is 18.9 Å². The summed E-state index contributed by atoms with van der Waals surface area (Å²) in [6.45, 7) is 8.42. The van der Waals surface area contributed by atoms with Crippen LogP contribution in [0.2, 0.25) is 0 Å². The van der Waals surface area contributed by atoms with E-state index in [0.717, 1.165) is 6.42 Å². The fourth-order valence-electron chi connectivity index (χ4n) is 1.24. The van der Waals surface area contributed by atoms with E-state index in [1.54, 1.807) is 20.8 Å². The van der Waals surface area contributed by atoms with Gasteiger partial charge < -0.3 is 18.9 Å². The molecule has 0 atom stereocenters. The molecule has 0 aliphatic heterocycles. The molecule has 0 amide bonds. The van der Waals surface area contributed by atoms with Crippen molar-refractivity contribution in [1.82, 2.24) is 0 Å². The zero-order valence-electron chi connectivity index (χ0n) is 12.9. The molecule has 0 radical (unpaired) electrons. The van der Waals surface area contributed by atoms with Gasteiger partial charge in [-0.3, -0.25) is 4.79 Å². The largest absolute Gasteiger partial charge is 0.463 e. The summed E-state index contributed by atoms with van der Waals surface area (Å²) in [5, 5.41) is 0. The molecule has 0 aromatic carbocycles. The van der Waals surface area contributed by atoms with Gasteiger partial charge in [0.1, 0.15) is 18.8 Å². The fraction of sp³-hybridized carbons (Fsp3) is 0.857. The van der Waals surface area contributed by atoms with Gasteiger partial charge in [0.2, 0.25) is 0 Å². The number of carbonyl (C=O) groups excluding carboxylic acids is 2. The van der Waals surface area contributed by atoms with Gasteiger partial charge in [-0.15, -0.1) is 0 Å². The van der Waals surface area contributed by atoms with Crippen LogP contribution >= 0.6 is 0 Å². The number of hydrogen-bond acceptors (Lipinski definition) is 6. The molecule has 6 heteroatoms. The normalized spacial score (nSPS) is 11.2. The van der Waals surface area contributed by atoms with E-state index in [2.05, 4.69) is 0 Å². The standard InChI is InChI=1S/C14H26O6/c1-5-6-12(15)19-10-9-17-7-8-18-11-13(16)20-14(2,3)4/h5-11H2,1-4H3. The zero-order valence-corrected chi connectivity index (χ0v) is 12.9. The molecule has 0 unspecified atom stereocenters. The molecule has 0 aliphatic rings. The smallest absolute Gasteiger partial charge is 0.332 e. The maximum absolute atomic E-state index is 11.3. The van der Waals surface area contributed by atoms with Gasteiger partial charge in [0, 0.05) is 6.42 Å². The highest BCUT2D eigenvalue weighted by atomic mass is 16.6. The average molecular weight is 290 g/mol. The zero-order chi connectivity index (χ0) is 15.4. The number of carbonyl (C=O) groups is 2. The molecule has 118 valence electrons. The van der Waals surface area contributed by atoms with E-state index in [1.165, 1.54) is 0 Å². The van der Waals surface area contributed by atoms with Crippen molar-refractivity contribution in [2.75, 3.05) is 33.0 Å². The number of hydrogen-bond donors (Lipinski definition) is 0. The van der Waals surface area contributed by atoms with Gasteiger partial charge in [0.05, 0.1) is 19.8 Å². The van der Waals surface area contributed by atoms with Crippen LogP contribution in [0.15, 0.2) is 0 Å². The maximum atomic E-state index is 11.3. The lowest BCUT2D eigenvalue weighted by molar-refractivity contribution is -0.161. The number of ether oxygens (including phenoxy) is 4. The van der Waals surface area contributed by atoms with Crippen LogP contribution in [0.25, 0.3) is 0 Å². The Bertz CT molecular complexity index is 282. The Kier molecular flexibility index (Phi) is 10.0. The van der Waals surface area contributed by atoms with Crippen molar-refractivity contribution < 1.29 is 28.5 Å². The summed E-state index contributed by atoms with van der Waals surface area (Å²) in [5.74, 6) is -0.608. The Morgan fingerprint density at radius 1 is 0.900 bits per heavy atom. The van der Waals surface area contributed by atoms with E-state index >= 15 is 0 Å². The van der Waals surface area contributed by atoms with Crippen molar-refractivity contribution in [2.45, 2.75) is 46.1 Å². The van der Waals surface area contributed by atoms with Gasteiger partial charge in [0.25, 0.3) is 0 Å². The van der Waals surface area contributed by atoms with Crippen molar-refractivity contribution in [3.05, 3.63) is 0 Å². The third-order valence-electron chi connectivity index (χ3n) is 1.96. The highest BCUT2D eigenvalue weighted by Crippen LogP contribution is 2.06. The molecule has 0 heterocycles. The van der Waals surface area contributed by atoms with Crippen LogP contribution < -0.4 is 0 Å². The molecular weight excluding hydrogens is 264 g/mol. The Labute approximate surface area is 120 Å². The molecule has 0 rings (SSSR count). The van der Waals surface area contributed by atoms with E-state index < -0.39 is 11.6 Å². The summed E-state index contributed by atoms with van der Waals surface area (Å²) in [6, 6.07) is 0. The molecule has 6 nitrogen and oxygen atoms in total. The molecular formula is C14H26O6. The molecule has 0 fully saturated rings. The second kappa shape index (κ2) is 10.6. The predicted octanol–water partition coefficient (Wildman–Crippen LogP) is 1.70. The Balaban J connectivity index is 3.33. The minimum atomic E-state index is -0.501. The highest BCUT2D eigenvalue weighted by Gasteiger charge is 2.15. The van der Waals surface area contributed by atoms with Gasteiger partial charge >= 0.3 is 11.9 Å². The van der Waals surface area contributed by atoms with Crippen LogP contribution in [-0.2, 0) is 28.5 Å². The Hall–Kier alpha value is -1.14. The first-order valence-corrected chi connectivity index (χ1v) is 6.88. The molecule has 0 spiro atoms. The molecule has 0 saturated carbocycles. The van der Waals surface area contributed by atoms with Crippen LogP contribution in [0, 0.1) is 0 Å². The Morgan fingerprint density at radius 3 is 2.10 bits per heavy atom. The first-order valence-electron chi connectivity index (χ1n) is 6.88. The summed E-state index contributed by atoms with van der Waals surface area (Å²) in [4.78, 5) is 22.3.